The van der Waals surface area contributed by atoms with Crippen LogP contribution in [0, 0.1) is 5.92 Å². The van der Waals surface area contributed by atoms with Gasteiger partial charge in [-0.25, -0.2) is 0 Å². The monoisotopic (exact) mass is 387 g/mol. The molecule has 4 rings (SSSR count). The Hall–Kier alpha value is -2.02. The lowest BCUT2D eigenvalue weighted by atomic mass is 9.85. The lowest BCUT2D eigenvalue weighted by Crippen LogP contribution is -2.23. The highest BCUT2D eigenvalue weighted by Crippen LogP contribution is 2.40. The maximum absolute atomic E-state index is 12.0. The zero-order valence-electron chi connectivity index (χ0n) is 15.8. The Morgan fingerprint density at radius 1 is 1.15 bits per heavy atom. The predicted molar refractivity (Wildman–Crippen MR) is 104 cm³/mol. The van der Waals surface area contributed by atoms with E-state index in [4.69, 9.17) is 9.47 Å². The molecule has 2 aliphatic rings. The average Bonchev–Trinajstić information content (AvgIpc) is 3.29. The molecule has 2 heterocycles. The van der Waals surface area contributed by atoms with Gasteiger partial charge in [0.2, 0.25) is 0 Å². The summed E-state index contributed by atoms with van der Waals surface area (Å²) in [5.74, 6) is 2.10. The van der Waals surface area contributed by atoms with Gasteiger partial charge in [-0.05, 0) is 43.0 Å². The minimum Gasteiger partial charge on any atom is -0.497 e. The predicted octanol–water partition coefficient (Wildman–Crippen LogP) is 4.11. The Morgan fingerprint density at radius 3 is 2.59 bits per heavy atom. The van der Waals surface area contributed by atoms with E-state index in [-0.39, 0.29) is 11.2 Å². The van der Waals surface area contributed by atoms with E-state index in [0.29, 0.717) is 18.6 Å². The van der Waals surface area contributed by atoms with Gasteiger partial charge in [0.1, 0.15) is 11.0 Å². The topological polar surface area (TPSA) is 66.2 Å². The quantitative estimate of drug-likeness (QED) is 0.719. The summed E-state index contributed by atoms with van der Waals surface area (Å²) < 4.78 is 12.7. The molecule has 0 spiro atoms. The van der Waals surface area contributed by atoms with Gasteiger partial charge in [-0.15, -0.1) is 10.2 Å². The summed E-state index contributed by atoms with van der Waals surface area (Å²) in [4.78, 5) is 12.0. The zero-order chi connectivity index (χ0) is 18.8. The van der Waals surface area contributed by atoms with Crippen molar-refractivity contribution >= 4 is 17.7 Å². The fourth-order valence-corrected chi connectivity index (χ4v) is 5.04. The molecular formula is C20H25N3O3S. The maximum Gasteiger partial charge on any atom is 0.319 e. The van der Waals surface area contributed by atoms with Gasteiger partial charge in [0.05, 0.1) is 13.7 Å². The van der Waals surface area contributed by atoms with E-state index >= 15 is 0 Å². The Bertz CT molecular complexity index is 805. The molecule has 1 saturated heterocycles. The lowest BCUT2D eigenvalue weighted by Gasteiger charge is -2.31. The normalized spacial score (nSPS) is 25.4. The van der Waals surface area contributed by atoms with Crippen molar-refractivity contribution in [2.75, 3.05) is 13.7 Å². The van der Waals surface area contributed by atoms with E-state index in [9.17, 15) is 4.79 Å². The van der Waals surface area contributed by atoms with Gasteiger partial charge in [0, 0.05) is 18.0 Å². The first-order chi connectivity index (χ1) is 13.2. The van der Waals surface area contributed by atoms with Crippen molar-refractivity contribution in [3.8, 4) is 17.1 Å². The van der Waals surface area contributed by atoms with Gasteiger partial charge in [0.25, 0.3) is 0 Å². The van der Waals surface area contributed by atoms with Crippen molar-refractivity contribution in [2.24, 2.45) is 5.92 Å². The highest BCUT2D eigenvalue weighted by molar-refractivity contribution is 8.00. The van der Waals surface area contributed by atoms with Gasteiger partial charge < -0.3 is 9.47 Å². The van der Waals surface area contributed by atoms with Crippen LogP contribution in [0.15, 0.2) is 29.4 Å². The molecule has 7 heteroatoms. The molecular weight excluding hydrogens is 362 g/mol. The van der Waals surface area contributed by atoms with Crippen molar-refractivity contribution < 1.29 is 14.3 Å². The van der Waals surface area contributed by atoms with Crippen LogP contribution in [0.1, 0.15) is 45.1 Å². The molecule has 1 saturated carbocycles. The van der Waals surface area contributed by atoms with E-state index in [0.717, 1.165) is 35.1 Å². The molecule has 1 aliphatic heterocycles. The molecule has 6 nitrogen and oxygen atoms in total. The molecule has 2 aromatic rings. The van der Waals surface area contributed by atoms with E-state index in [1.54, 1.807) is 7.11 Å². The SMILES string of the molecule is COc1ccc(-c2nnc(S[C@@H]3CCOC3=O)n2[C@H]2CCCC[C@H]2C)cc1. The number of esters is 1. The summed E-state index contributed by atoms with van der Waals surface area (Å²) in [5, 5.41) is 9.64. The smallest absolute Gasteiger partial charge is 0.319 e. The first-order valence-corrected chi connectivity index (χ1v) is 10.5. The van der Waals surface area contributed by atoms with E-state index < -0.39 is 0 Å². The number of rotatable bonds is 5. The van der Waals surface area contributed by atoms with Crippen LogP contribution in [-0.4, -0.2) is 39.7 Å². The summed E-state index contributed by atoms with van der Waals surface area (Å²) >= 11 is 1.49. The molecule has 0 radical (unpaired) electrons. The molecule has 1 aromatic carbocycles. The van der Waals surface area contributed by atoms with Gasteiger partial charge >= 0.3 is 5.97 Å². The first-order valence-electron chi connectivity index (χ1n) is 9.60. The number of hydrogen-bond donors (Lipinski definition) is 0. The largest absolute Gasteiger partial charge is 0.497 e. The van der Waals surface area contributed by atoms with Crippen LogP contribution in [0.2, 0.25) is 0 Å². The highest BCUT2D eigenvalue weighted by Gasteiger charge is 2.33. The third-order valence-electron chi connectivity index (χ3n) is 5.55. The third kappa shape index (κ3) is 3.70. The zero-order valence-corrected chi connectivity index (χ0v) is 16.6. The first kappa shape index (κ1) is 18.3. The minimum absolute atomic E-state index is 0.141. The number of hydrogen-bond acceptors (Lipinski definition) is 6. The summed E-state index contributed by atoms with van der Waals surface area (Å²) in [5.41, 5.74) is 1.02. The van der Waals surface area contributed by atoms with Gasteiger partial charge in [-0.3, -0.25) is 9.36 Å². The lowest BCUT2D eigenvalue weighted by molar-refractivity contribution is -0.137. The molecule has 2 fully saturated rings. The summed E-state index contributed by atoms with van der Waals surface area (Å²) in [6.07, 6.45) is 5.54. The van der Waals surface area contributed by atoms with Crippen LogP contribution in [-0.2, 0) is 9.53 Å². The van der Waals surface area contributed by atoms with E-state index in [2.05, 4.69) is 21.7 Å². The van der Waals surface area contributed by atoms with Gasteiger partial charge in [-0.2, -0.15) is 0 Å². The molecule has 0 bridgehead atoms. The minimum atomic E-state index is -0.185. The molecule has 0 unspecified atom stereocenters. The van der Waals surface area contributed by atoms with Gasteiger partial charge in [0.15, 0.2) is 11.0 Å². The second kappa shape index (κ2) is 7.92. The number of thioether (sulfide) groups is 1. The fraction of sp³-hybridized carbons (Fsp3) is 0.550. The standard InChI is InChI=1S/C20H25N3O3S/c1-13-5-3-4-6-16(13)23-18(14-7-9-15(25-2)10-8-14)21-22-20(23)27-17-11-12-26-19(17)24/h7-10,13,16-17H,3-6,11-12H2,1-2H3/t13-,16+,17-/m1/s1. The Labute approximate surface area is 163 Å². The Morgan fingerprint density at radius 2 is 1.93 bits per heavy atom. The van der Waals surface area contributed by atoms with Crippen LogP contribution in [0.4, 0.5) is 0 Å². The van der Waals surface area contributed by atoms with E-state index in [1.165, 1.54) is 31.0 Å². The molecule has 27 heavy (non-hydrogen) atoms. The number of ether oxygens (including phenoxy) is 2. The van der Waals surface area contributed by atoms with Crippen molar-refractivity contribution in [2.45, 2.75) is 55.5 Å². The summed E-state index contributed by atoms with van der Waals surface area (Å²) in [7, 11) is 1.66. The number of benzene rings is 1. The number of carbonyl (C=O) groups excluding carboxylic acids is 1. The van der Waals surface area contributed by atoms with Crippen LogP contribution < -0.4 is 4.74 Å². The number of carbonyl (C=O) groups is 1. The number of nitrogens with zero attached hydrogens (tertiary/aromatic N) is 3. The van der Waals surface area contributed by atoms with Gasteiger partial charge in [-0.1, -0.05) is 31.5 Å². The Balaban J connectivity index is 1.72. The maximum atomic E-state index is 12.0. The fourth-order valence-electron chi connectivity index (χ4n) is 3.99. The molecule has 3 atom stereocenters. The number of cyclic esters (lactones) is 1. The van der Waals surface area contributed by atoms with Crippen molar-refractivity contribution in [3.05, 3.63) is 24.3 Å². The highest BCUT2D eigenvalue weighted by atomic mass is 32.2. The van der Waals surface area contributed by atoms with Crippen molar-refractivity contribution in [1.29, 1.82) is 0 Å². The van der Waals surface area contributed by atoms with Crippen LogP contribution in [0.5, 0.6) is 5.75 Å². The van der Waals surface area contributed by atoms with Crippen LogP contribution >= 0.6 is 11.8 Å². The Kier molecular flexibility index (Phi) is 5.38. The molecule has 1 aromatic heterocycles. The summed E-state index contributed by atoms with van der Waals surface area (Å²) in [6.45, 7) is 2.80. The molecule has 0 amide bonds. The second-order valence-corrected chi connectivity index (χ2v) is 8.47. The van der Waals surface area contributed by atoms with Crippen LogP contribution in [0.25, 0.3) is 11.4 Å². The number of methoxy groups -OCH3 is 1. The number of aromatic nitrogens is 3. The second-order valence-electron chi connectivity index (χ2n) is 7.30. The molecule has 144 valence electrons. The van der Waals surface area contributed by atoms with Crippen molar-refractivity contribution in [3.63, 3.8) is 0 Å². The molecule has 1 aliphatic carbocycles. The molecule has 0 N–H and O–H groups in total. The van der Waals surface area contributed by atoms with Crippen LogP contribution in [0.3, 0.4) is 0 Å². The summed E-state index contributed by atoms with van der Waals surface area (Å²) in [6, 6.07) is 8.28. The average molecular weight is 388 g/mol. The third-order valence-corrected chi connectivity index (χ3v) is 6.75. The van der Waals surface area contributed by atoms with E-state index in [1.807, 2.05) is 24.3 Å². The van der Waals surface area contributed by atoms with Crippen molar-refractivity contribution in [1.82, 2.24) is 14.8 Å².